The second kappa shape index (κ2) is 7.14. The standard InChI is InChI=1S/C15H25N3O2/c1-4-15(20,5-2)10-18-13-8-7-11(9-12(13)16)14(19)17-6-3/h7-9,18,20H,4-6,10,16H2,1-3H3,(H,17,19). The number of carbonyl (C=O) groups is 1. The van der Waals surface area contributed by atoms with E-state index in [-0.39, 0.29) is 5.91 Å². The highest BCUT2D eigenvalue weighted by Gasteiger charge is 2.22. The van der Waals surface area contributed by atoms with E-state index in [4.69, 9.17) is 5.73 Å². The third kappa shape index (κ3) is 4.13. The second-order valence-corrected chi connectivity index (χ2v) is 4.95. The van der Waals surface area contributed by atoms with Crippen molar-refractivity contribution in [2.45, 2.75) is 39.2 Å². The van der Waals surface area contributed by atoms with Crippen molar-refractivity contribution in [1.29, 1.82) is 0 Å². The van der Waals surface area contributed by atoms with Gasteiger partial charge in [-0.2, -0.15) is 0 Å². The minimum Gasteiger partial charge on any atom is -0.397 e. The number of aliphatic hydroxyl groups is 1. The highest BCUT2D eigenvalue weighted by molar-refractivity contribution is 5.96. The van der Waals surface area contributed by atoms with Crippen molar-refractivity contribution in [3.63, 3.8) is 0 Å². The fourth-order valence-corrected chi connectivity index (χ4v) is 1.89. The monoisotopic (exact) mass is 279 g/mol. The highest BCUT2D eigenvalue weighted by Crippen LogP contribution is 2.22. The van der Waals surface area contributed by atoms with Gasteiger partial charge >= 0.3 is 0 Å². The zero-order valence-electron chi connectivity index (χ0n) is 12.5. The summed E-state index contributed by atoms with van der Waals surface area (Å²) in [7, 11) is 0. The number of anilines is 2. The quantitative estimate of drug-likeness (QED) is 0.575. The Kier molecular flexibility index (Phi) is 5.82. The fourth-order valence-electron chi connectivity index (χ4n) is 1.89. The maximum absolute atomic E-state index is 11.7. The number of rotatable bonds is 7. The van der Waals surface area contributed by atoms with E-state index >= 15 is 0 Å². The molecular weight excluding hydrogens is 254 g/mol. The van der Waals surface area contributed by atoms with Crippen molar-refractivity contribution in [3.8, 4) is 0 Å². The molecule has 0 aliphatic carbocycles. The number of hydrogen-bond acceptors (Lipinski definition) is 4. The molecule has 0 aliphatic rings. The summed E-state index contributed by atoms with van der Waals surface area (Å²) in [6.07, 6.45) is 1.35. The van der Waals surface area contributed by atoms with Crippen LogP contribution in [-0.2, 0) is 0 Å². The van der Waals surface area contributed by atoms with Crippen LogP contribution in [0.3, 0.4) is 0 Å². The Labute approximate surface area is 120 Å². The van der Waals surface area contributed by atoms with Gasteiger partial charge in [-0.3, -0.25) is 4.79 Å². The van der Waals surface area contributed by atoms with Crippen LogP contribution in [-0.4, -0.2) is 29.7 Å². The number of amides is 1. The molecule has 0 unspecified atom stereocenters. The molecule has 1 aromatic rings. The molecule has 1 aromatic carbocycles. The molecule has 1 amide bonds. The molecule has 5 heteroatoms. The summed E-state index contributed by atoms with van der Waals surface area (Å²) in [6, 6.07) is 5.14. The largest absolute Gasteiger partial charge is 0.397 e. The molecule has 0 saturated heterocycles. The molecule has 1 rings (SSSR count). The second-order valence-electron chi connectivity index (χ2n) is 4.95. The van der Waals surface area contributed by atoms with Crippen molar-refractivity contribution in [3.05, 3.63) is 23.8 Å². The minimum atomic E-state index is -0.731. The van der Waals surface area contributed by atoms with E-state index in [0.29, 0.717) is 37.2 Å². The van der Waals surface area contributed by atoms with Gasteiger partial charge in [0.05, 0.1) is 17.0 Å². The third-order valence-electron chi connectivity index (χ3n) is 3.58. The molecule has 0 bridgehead atoms. The summed E-state index contributed by atoms with van der Waals surface area (Å²) in [6.45, 7) is 6.79. The summed E-state index contributed by atoms with van der Waals surface area (Å²) < 4.78 is 0. The van der Waals surface area contributed by atoms with Gasteiger partial charge in [-0.25, -0.2) is 0 Å². The summed E-state index contributed by atoms with van der Waals surface area (Å²) in [5.41, 5.74) is 6.99. The molecule has 0 aliphatic heterocycles. The van der Waals surface area contributed by atoms with Gasteiger partial charge in [0.2, 0.25) is 0 Å². The molecule has 0 spiro atoms. The maximum Gasteiger partial charge on any atom is 0.251 e. The van der Waals surface area contributed by atoms with Crippen LogP contribution in [0.25, 0.3) is 0 Å². The average Bonchev–Trinajstić information content (AvgIpc) is 2.45. The lowest BCUT2D eigenvalue weighted by Gasteiger charge is -2.26. The Morgan fingerprint density at radius 2 is 1.95 bits per heavy atom. The predicted octanol–water partition coefficient (Wildman–Crippen LogP) is 1.98. The molecule has 0 radical (unpaired) electrons. The van der Waals surface area contributed by atoms with Gasteiger partial charge in [0.25, 0.3) is 5.91 Å². The van der Waals surface area contributed by atoms with E-state index in [1.165, 1.54) is 0 Å². The Morgan fingerprint density at radius 1 is 1.30 bits per heavy atom. The summed E-state index contributed by atoms with van der Waals surface area (Å²) in [5.74, 6) is -0.135. The van der Waals surface area contributed by atoms with Crippen LogP contribution in [0.15, 0.2) is 18.2 Å². The Hall–Kier alpha value is -1.75. The van der Waals surface area contributed by atoms with Crippen LogP contribution >= 0.6 is 0 Å². The molecule has 0 fully saturated rings. The van der Waals surface area contributed by atoms with Crippen LogP contribution in [0.2, 0.25) is 0 Å². The molecule has 0 atom stereocenters. The lowest BCUT2D eigenvalue weighted by atomic mass is 9.97. The number of nitrogens with one attached hydrogen (secondary N) is 2. The van der Waals surface area contributed by atoms with Crippen LogP contribution in [0.4, 0.5) is 11.4 Å². The maximum atomic E-state index is 11.7. The van der Waals surface area contributed by atoms with Crippen LogP contribution in [0, 0.1) is 0 Å². The van der Waals surface area contributed by atoms with E-state index < -0.39 is 5.60 Å². The van der Waals surface area contributed by atoms with Gasteiger partial charge in [0.1, 0.15) is 0 Å². The topological polar surface area (TPSA) is 87.4 Å². The third-order valence-corrected chi connectivity index (χ3v) is 3.58. The molecule has 5 N–H and O–H groups in total. The first-order chi connectivity index (χ1) is 9.45. The molecule has 20 heavy (non-hydrogen) atoms. The van der Waals surface area contributed by atoms with Gasteiger partial charge in [0, 0.05) is 18.7 Å². The summed E-state index contributed by atoms with van der Waals surface area (Å²) in [4.78, 5) is 11.7. The first-order valence-electron chi connectivity index (χ1n) is 7.09. The van der Waals surface area contributed by atoms with Crippen molar-refractivity contribution in [1.82, 2.24) is 5.32 Å². The highest BCUT2D eigenvalue weighted by atomic mass is 16.3. The van der Waals surface area contributed by atoms with Gasteiger partial charge in [-0.05, 0) is 38.0 Å². The first kappa shape index (κ1) is 16.3. The Bertz CT molecular complexity index is 456. The van der Waals surface area contributed by atoms with Crippen molar-refractivity contribution in [2.75, 3.05) is 24.1 Å². The van der Waals surface area contributed by atoms with Gasteiger partial charge < -0.3 is 21.5 Å². The van der Waals surface area contributed by atoms with Crippen LogP contribution < -0.4 is 16.4 Å². The lowest BCUT2D eigenvalue weighted by molar-refractivity contribution is 0.0457. The number of nitrogen functional groups attached to an aromatic ring is 1. The van der Waals surface area contributed by atoms with E-state index in [1.807, 2.05) is 20.8 Å². The summed E-state index contributed by atoms with van der Waals surface area (Å²) >= 11 is 0. The van der Waals surface area contributed by atoms with E-state index in [9.17, 15) is 9.90 Å². The van der Waals surface area contributed by atoms with Gasteiger partial charge in [-0.15, -0.1) is 0 Å². The van der Waals surface area contributed by atoms with E-state index in [1.54, 1.807) is 18.2 Å². The van der Waals surface area contributed by atoms with Crippen molar-refractivity contribution >= 4 is 17.3 Å². The molecule has 0 aromatic heterocycles. The van der Waals surface area contributed by atoms with Crippen molar-refractivity contribution < 1.29 is 9.90 Å². The number of hydrogen-bond donors (Lipinski definition) is 4. The molecule has 5 nitrogen and oxygen atoms in total. The summed E-state index contributed by atoms with van der Waals surface area (Å²) in [5, 5.41) is 16.1. The predicted molar refractivity (Wildman–Crippen MR) is 82.9 cm³/mol. The molecule has 0 heterocycles. The van der Waals surface area contributed by atoms with E-state index in [0.717, 1.165) is 5.69 Å². The SMILES string of the molecule is CCNC(=O)c1ccc(NCC(O)(CC)CC)c(N)c1. The number of benzene rings is 1. The molecule has 112 valence electrons. The minimum absolute atomic E-state index is 0.135. The molecular formula is C15H25N3O2. The van der Waals surface area contributed by atoms with Crippen LogP contribution in [0.1, 0.15) is 44.0 Å². The van der Waals surface area contributed by atoms with Gasteiger partial charge in [-0.1, -0.05) is 13.8 Å². The zero-order valence-corrected chi connectivity index (χ0v) is 12.5. The molecule has 0 saturated carbocycles. The lowest BCUT2D eigenvalue weighted by Crippen LogP contribution is -2.35. The first-order valence-corrected chi connectivity index (χ1v) is 7.09. The Morgan fingerprint density at radius 3 is 2.45 bits per heavy atom. The van der Waals surface area contributed by atoms with Crippen molar-refractivity contribution in [2.24, 2.45) is 0 Å². The number of carbonyl (C=O) groups excluding carboxylic acids is 1. The fraction of sp³-hybridized carbons (Fsp3) is 0.533. The number of nitrogens with two attached hydrogens (primary N) is 1. The van der Waals surface area contributed by atoms with Gasteiger partial charge in [0.15, 0.2) is 0 Å². The zero-order chi connectivity index (χ0) is 15.2. The average molecular weight is 279 g/mol. The smallest absolute Gasteiger partial charge is 0.251 e. The van der Waals surface area contributed by atoms with Crippen LogP contribution in [0.5, 0.6) is 0 Å². The Balaban J connectivity index is 2.76. The van der Waals surface area contributed by atoms with E-state index in [2.05, 4.69) is 10.6 Å². The normalized spacial score (nSPS) is 11.2.